The maximum Gasteiger partial charge on any atom is 0.306 e. The number of unbranched alkanes of at least 4 members (excludes halogenated alkanes) is 4. The van der Waals surface area contributed by atoms with Gasteiger partial charge < -0.3 is 24.4 Å². The number of aliphatic hydroxyl groups excluding tert-OH is 2. The van der Waals surface area contributed by atoms with Gasteiger partial charge in [-0.15, -0.1) is 0 Å². The Kier molecular flexibility index (Phi) is 13.6. The second-order valence-corrected chi connectivity index (χ2v) is 6.33. The van der Waals surface area contributed by atoms with E-state index in [1.54, 1.807) is 6.92 Å². The largest absolute Gasteiger partial charge is 0.462 e. The van der Waals surface area contributed by atoms with Crippen molar-refractivity contribution in [1.29, 1.82) is 0 Å². The lowest BCUT2D eigenvalue weighted by molar-refractivity contribution is -0.165. The van der Waals surface area contributed by atoms with Crippen LogP contribution in [0.15, 0.2) is 0 Å². The minimum atomic E-state index is -0.808. The van der Waals surface area contributed by atoms with Crippen molar-refractivity contribution in [3.8, 4) is 0 Å². The van der Waals surface area contributed by atoms with Gasteiger partial charge in [-0.2, -0.15) is 0 Å². The number of ether oxygens (including phenoxy) is 3. The minimum Gasteiger partial charge on any atom is -0.462 e. The molecule has 0 aliphatic heterocycles. The van der Waals surface area contributed by atoms with Crippen LogP contribution in [0.5, 0.6) is 0 Å². The highest BCUT2D eigenvalue weighted by Gasteiger charge is 2.17. The zero-order valence-corrected chi connectivity index (χ0v) is 15.9. The number of hydrogen-bond donors (Lipinski definition) is 2. The second kappa shape index (κ2) is 14.5. The van der Waals surface area contributed by atoms with E-state index < -0.39 is 36.2 Å². The molecule has 2 N–H and O–H groups in total. The van der Waals surface area contributed by atoms with E-state index in [1.807, 2.05) is 0 Å². The van der Waals surface area contributed by atoms with E-state index >= 15 is 0 Å². The quantitative estimate of drug-likeness (QED) is 0.266. The van der Waals surface area contributed by atoms with Gasteiger partial charge in [0.05, 0.1) is 12.2 Å². The standard InChI is InChI=1S/C18H32O8/c1-13(19)17(22)9-7-5-4-6-8-10-18(23)26-16(11-24-14(2)20)12-25-15(3)21/h13,16-17,19,22H,4-12H2,1-3H3. The molecule has 0 aromatic rings. The predicted octanol–water partition coefficient (Wildman–Crippen LogP) is 1.50. The Morgan fingerprint density at radius 3 is 1.85 bits per heavy atom. The Morgan fingerprint density at radius 2 is 1.35 bits per heavy atom. The van der Waals surface area contributed by atoms with Gasteiger partial charge in [-0.1, -0.05) is 25.7 Å². The average molecular weight is 376 g/mol. The predicted molar refractivity (Wildman–Crippen MR) is 93.2 cm³/mol. The molecule has 0 amide bonds. The van der Waals surface area contributed by atoms with Gasteiger partial charge >= 0.3 is 17.9 Å². The molecular formula is C18H32O8. The normalized spacial score (nSPS) is 13.2. The molecule has 0 saturated carbocycles. The molecule has 152 valence electrons. The Bertz CT molecular complexity index is 403. The summed E-state index contributed by atoms with van der Waals surface area (Å²) in [6.07, 6.45) is 2.75. The Balaban J connectivity index is 3.89. The van der Waals surface area contributed by atoms with Gasteiger partial charge in [0.25, 0.3) is 0 Å². The average Bonchev–Trinajstić information content (AvgIpc) is 2.55. The number of esters is 3. The highest BCUT2D eigenvalue weighted by atomic mass is 16.6. The number of carbonyl (C=O) groups excluding carboxylic acids is 3. The summed E-state index contributed by atoms with van der Waals surface area (Å²) in [5.41, 5.74) is 0. The number of rotatable bonds is 14. The molecular weight excluding hydrogens is 344 g/mol. The summed E-state index contributed by atoms with van der Waals surface area (Å²) in [6.45, 7) is 3.74. The summed E-state index contributed by atoms with van der Waals surface area (Å²) in [7, 11) is 0. The van der Waals surface area contributed by atoms with Gasteiger partial charge in [0.1, 0.15) is 13.2 Å². The van der Waals surface area contributed by atoms with Crippen molar-refractivity contribution in [2.24, 2.45) is 0 Å². The molecule has 0 aromatic heterocycles. The lowest BCUT2D eigenvalue weighted by atomic mass is 10.0. The molecule has 0 aliphatic rings. The molecule has 0 rings (SSSR count). The fourth-order valence-electron chi connectivity index (χ4n) is 2.18. The molecule has 2 atom stereocenters. The minimum absolute atomic E-state index is 0.153. The maximum absolute atomic E-state index is 11.8. The zero-order chi connectivity index (χ0) is 19.9. The van der Waals surface area contributed by atoms with E-state index in [-0.39, 0.29) is 19.6 Å². The Morgan fingerprint density at radius 1 is 0.846 bits per heavy atom. The van der Waals surface area contributed by atoms with E-state index in [1.165, 1.54) is 13.8 Å². The topological polar surface area (TPSA) is 119 Å². The van der Waals surface area contributed by atoms with E-state index in [0.717, 1.165) is 25.7 Å². The summed E-state index contributed by atoms with van der Waals surface area (Å²) in [4.78, 5) is 33.5. The smallest absolute Gasteiger partial charge is 0.306 e. The summed E-state index contributed by atoms with van der Waals surface area (Å²) in [5, 5.41) is 18.6. The molecule has 0 bridgehead atoms. The molecule has 2 unspecified atom stereocenters. The molecule has 0 heterocycles. The molecule has 8 nitrogen and oxygen atoms in total. The Labute approximate surface area is 154 Å². The molecule has 0 aliphatic carbocycles. The van der Waals surface area contributed by atoms with Crippen LogP contribution in [0.25, 0.3) is 0 Å². The van der Waals surface area contributed by atoms with Crippen LogP contribution in [0.2, 0.25) is 0 Å². The number of carbonyl (C=O) groups is 3. The summed E-state index contributed by atoms with van der Waals surface area (Å²) >= 11 is 0. The van der Waals surface area contributed by atoms with E-state index in [2.05, 4.69) is 0 Å². The first kappa shape index (κ1) is 24.3. The highest BCUT2D eigenvalue weighted by Crippen LogP contribution is 2.11. The van der Waals surface area contributed by atoms with Crippen LogP contribution in [-0.2, 0) is 28.6 Å². The fourth-order valence-corrected chi connectivity index (χ4v) is 2.18. The van der Waals surface area contributed by atoms with Crippen molar-refractivity contribution in [3.63, 3.8) is 0 Å². The Hall–Kier alpha value is -1.67. The van der Waals surface area contributed by atoms with Crippen LogP contribution >= 0.6 is 0 Å². The van der Waals surface area contributed by atoms with Gasteiger partial charge in [0.2, 0.25) is 0 Å². The van der Waals surface area contributed by atoms with Crippen molar-refractivity contribution in [3.05, 3.63) is 0 Å². The van der Waals surface area contributed by atoms with E-state index in [0.29, 0.717) is 12.8 Å². The summed E-state index contributed by atoms with van der Waals surface area (Å²) in [5.74, 6) is -1.44. The van der Waals surface area contributed by atoms with Gasteiger partial charge in [-0.25, -0.2) is 0 Å². The lowest BCUT2D eigenvalue weighted by Crippen LogP contribution is -2.30. The molecule has 0 saturated heterocycles. The van der Waals surface area contributed by atoms with Gasteiger partial charge in [0.15, 0.2) is 6.10 Å². The van der Waals surface area contributed by atoms with Crippen LogP contribution in [-0.4, -0.2) is 59.6 Å². The first-order chi connectivity index (χ1) is 12.2. The fraction of sp³-hybridized carbons (Fsp3) is 0.833. The third-order valence-electron chi connectivity index (χ3n) is 3.68. The third-order valence-corrected chi connectivity index (χ3v) is 3.68. The molecule has 0 fully saturated rings. The number of aliphatic hydroxyl groups is 2. The van der Waals surface area contributed by atoms with Crippen molar-refractivity contribution in [2.75, 3.05) is 13.2 Å². The van der Waals surface area contributed by atoms with Gasteiger partial charge in [0, 0.05) is 20.3 Å². The third kappa shape index (κ3) is 14.7. The van der Waals surface area contributed by atoms with Crippen LogP contribution < -0.4 is 0 Å². The van der Waals surface area contributed by atoms with Gasteiger partial charge in [-0.3, -0.25) is 14.4 Å². The van der Waals surface area contributed by atoms with E-state index in [4.69, 9.17) is 14.2 Å². The first-order valence-electron chi connectivity index (χ1n) is 9.04. The molecule has 0 spiro atoms. The second-order valence-electron chi connectivity index (χ2n) is 6.33. The van der Waals surface area contributed by atoms with E-state index in [9.17, 15) is 24.6 Å². The molecule has 8 heteroatoms. The van der Waals surface area contributed by atoms with Crippen LogP contribution in [0.4, 0.5) is 0 Å². The monoisotopic (exact) mass is 376 g/mol. The van der Waals surface area contributed by atoms with Crippen molar-refractivity contribution < 1.29 is 38.8 Å². The van der Waals surface area contributed by atoms with Crippen molar-refractivity contribution in [2.45, 2.75) is 84.0 Å². The summed E-state index contributed by atoms with van der Waals surface area (Å²) in [6, 6.07) is 0. The molecule has 0 aromatic carbocycles. The first-order valence-corrected chi connectivity index (χ1v) is 9.04. The van der Waals surface area contributed by atoms with Gasteiger partial charge in [-0.05, 0) is 19.8 Å². The zero-order valence-electron chi connectivity index (χ0n) is 15.9. The maximum atomic E-state index is 11.8. The molecule has 26 heavy (non-hydrogen) atoms. The van der Waals surface area contributed by atoms with Crippen LogP contribution in [0.3, 0.4) is 0 Å². The molecule has 0 radical (unpaired) electrons. The summed E-state index contributed by atoms with van der Waals surface area (Å²) < 4.78 is 14.8. The van der Waals surface area contributed by atoms with Crippen molar-refractivity contribution >= 4 is 17.9 Å². The SMILES string of the molecule is CC(=O)OCC(COC(C)=O)OC(=O)CCCCCCCC(O)C(C)O. The van der Waals surface area contributed by atoms with Crippen LogP contribution in [0.1, 0.15) is 65.7 Å². The van der Waals surface area contributed by atoms with Crippen molar-refractivity contribution in [1.82, 2.24) is 0 Å². The highest BCUT2D eigenvalue weighted by molar-refractivity contribution is 5.70. The van der Waals surface area contributed by atoms with Crippen LogP contribution in [0, 0.1) is 0 Å². The number of hydrogen-bond acceptors (Lipinski definition) is 8. The lowest BCUT2D eigenvalue weighted by Gasteiger charge is -2.17.